The number of amidine groups is 1. The lowest BCUT2D eigenvalue weighted by atomic mass is 9.86. The molecular weight excluding hydrogens is 398 g/mol. The summed E-state index contributed by atoms with van der Waals surface area (Å²) in [5.41, 5.74) is 2.06. The molecule has 1 aromatic rings. The number of ether oxygens (including phenoxy) is 2. The molecule has 0 radical (unpaired) electrons. The zero-order chi connectivity index (χ0) is 21.3. The monoisotopic (exact) mass is 422 g/mol. The van der Waals surface area contributed by atoms with Gasteiger partial charge in [-0.2, -0.15) is 0 Å². The third-order valence-corrected chi connectivity index (χ3v) is 6.54. The van der Waals surface area contributed by atoms with Crippen LogP contribution in [0.5, 0.6) is 0 Å². The number of nitrogens with zero attached hydrogens (tertiary/aromatic N) is 5. The van der Waals surface area contributed by atoms with E-state index in [1.807, 2.05) is 38.2 Å². The van der Waals surface area contributed by atoms with Crippen molar-refractivity contribution in [2.45, 2.75) is 31.5 Å². The van der Waals surface area contributed by atoms with Crippen molar-refractivity contribution in [3.05, 3.63) is 36.2 Å². The number of fused-ring (bicyclic) bond motifs is 2. The number of hydrogen-bond acceptors (Lipinski definition) is 8. The van der Waals surface area contributed by atoms with E-state index < -0.39 is 11.2 Å². The smallest absolute Gasteiger partial charge is 0.301 e. The first-order chi connectivity index (χ1) is 14.9. The number of carbonyl (C=O) groups is 1. The lowest BCUT2D eigenvalue weighted by Crippen LogP contribution is -2.56. The van der Waals surface area contributed by atoms with E-state index in [1.54, 1.807) is 12.4 Å². The summed E-state index contributed by atoms with van der Waals surface area (Å²) in [5.74, 6) is 0.624. The zero-order valence-corrected chi connectivity index (χ0v) is 17.5. The number of carbonyl (C=O) groups excluding carboxylic acids is 1. The van der Waals surface area contributed by atoms with Crippen LogP contribution in [0.4, 0.5) is 11.4 Å². The zero-order valence-electron chi connectivity index (χ0n) is 17.5. The first-order valence-corrected chi connectivity index (χ1v) is 10.5. The summed E-state index contributed by atoms with van der Waals surface area (Å²) in [7, 11) is 0. The van der Waals surface area contributed by atoms with E-state index in [4.69, 9.17) is 19.6 Å². The average Bonchev–Trinajstić information content (AvgIpc) is 3.50. The van der Waals surface area contributed by atoms with Gasteiger partial charge in [-0.25, -0.2) is 0 Å². The van der Waals surface area contributed by atoms with Crippen molar-refractivity contribution >= 4 is 35.3 Å². The maximum atomic E-state index is 12.2. The molecule has 0 aliphatic carbocycles. The molecule has 31 heavy (non-hydrogen) atoms. The maximum absolute atomic E-state index is 12.2. The molecule has 10 nitrogen and oxygen atoms in total. The molecule has 1 amide bonds. The van der Waals surface area contributed by atoms with Gasteiger partial charge in [-0.3, -0.25) is 9.79 Å². The van der Waals surface area contributed by atoms with Crippen LogP contribution in [0.1, 0.15) is 25.8 Å². The van der Waals surface area contributed by atoms with Crippen molar-refractivity contribution in [1.29, 1.82) is 0 Å². The van der Waals surface area contributed by atoms with E-state index >= 15 is 0 Å². The van der Waals surface area contributed by atoms with Gasteiger partial charge in [0, 0.05) is 17.8 Å². The molecule has 2 N–H and O–H groups in total. The summed E-state index contributed by atoms with van der Waals surface area (Å²) >= 11 is 0. The van der Waals surface area contributed by atoms with Gasteiger partial charge in [0.05, 0.1) is 31.4 Å². The molecule has 0 aromatic heterocycles. The summed E-state index contributed by atoms with van der Waals surface area (Å²) < 4.78 is 11.9. The third-order valence-electron chi connectivity index (χ3n) is 6.54. The molecule has 5 aliphatic rings. The predicted octanol–water partition coefficient (Wildman–Crippen LogP) is 1.75. The molecule has 5 aliphatic heterocycles. The fourth-order valence-corrected chi connectivity index (χ4v) is 4.75. The van der Waals surface area contributed by atoms with Gasteiger partial charge in [0.1, 0.15) is 12.8 Å². The van der Waals surface area contributed by atoms with Crippen molar-refractivity contribution < 1.29 is 19.0 Å². The fourth-order valence-electron chi connectivity index (χ4n) is 4.75. The van der Waals surface area contributed by atoms with E-state index in [1.165, 1.54) is 0 Å². The summed E-state index contributed by atoms with van der Waals surface area (Å²) in [6.07, 6.45) is 6.15. The Morgan fingerprint density at radius 1 is 1.26 bits per heavy atom. The van der Waals surface area contributed by atoms with E-state index in [0.717, 1.165) is 29.9 Å². The largest absolute Gasteiger partial charge is 0.346 e. The summed E-state index contributed by atoms with van der Waals surface area (Å²) in [4.78, 5) is 21.2. The SMILES string of the molecule is CC1(C)C(=O)Nc2cc(NC3=N[N+]4(N5CCC6(C5)OCCO6)C=CN=CC4=N3)ccc21. The Labute approximate surface area is 179 Å². The van der Waals surface area contributed by atoms with Crippen LogP contribution in [0.3, 0.4) is 0 Å². The van der Waals surface area contributed by atoms with Gasteiger partial charge in [0.25, 0.3) is 5.96 Å². The highest BCUT2D eigenvalue weighted by Crippen LogP contribution is 2.39. The molecular formula is C21H24N7O3+. The molecule has 10 heteroatoms. The van der Waals surface area contributed by atoms with E-state index in [9.17, 15) is 4.79 Å². The number of benzene rings is 1. The molecule has 1 aromatic carbocycles. The number of nitrogens with one attached hydrogen (secondary N) is 2. The Morgan fingerprint density at radius 2 is 2.10 bits per heavy atom. The second kappa shape index (κ2) is 6.30. The number of aliphatic imine (C=N–C) groups is 2. The van der Waals surface area contributed by atoms with Crippen molar-refractivity contribution in [3.8, 4) is 0 Å². The van der Waals surface area contributed by atoms with Gasteiger partial charge in [0.2, 0.25) is 5.91 Å². The van der Waals surface area contributed by atoms with Gasteiger partial charge >= 0.3 is 5.84 Å². The maximum Gasteiger partial charge on any atom is 0.301 e. The highest BCUT2D eigenvalue weighted by molar-refractivity contribution is 6.30. The van der Waals surface area contributed by atoms with Crippen molar-refractivity contribution in [2.75, 3.05) is 36.9 Å². The molecule has 5 heterocycles. The standard InChI is InChI=1S/C21H23N7O3/c1-20(2)15-4-3-14(11-16(15)24-18(20)29)23-19-25-17-12-22-6-8-28(17,26-19)27-7-5-21(13-27)30-9-10-31-21/h3-4,6,8,11-12H,5,7,9-10,13H2,1-2H3,(H-,23,24,26,29)/p+1. The predicted molar refractivity (Wildman–Crippen MR) is 115 cm³/mol. The van der Waals surface area contributed by atoms with Crippen molar-refractivity contribution in [3.63, 3.8) is 0 Å². The second-order valence-corrected chi connectivity index (χ2v) is 8.83. The number of amides is 1. The summed E-state index contributed by atoms with van der Waals surface area (Å²) in [6, 6.07) is 5.83. The van der Waals surface area contributed by atoms with Crippen LogP contribution in [-0.2, 0) is 19.7 Å². The third kappa shape index (κ3) is 2.72. The number of anilines is 2. The Balaban J connectivity index is 1.29. The molecule has 6 rings (SSSR count). The van der Waals surface area contributed by atoms with Crippen LogP contribution in [0.15, 0.2) is 45.7 Å². The Hall–Kier alpha value is -2.92. The quantitative estimate of drug-likeness (QED) is 0.708. The van der Waals surface area contributed by atoms with Gasteiger partial charge in [-0.05, 0) is 41.3 Å². The molecule has 0 bridgehead atoms. The number of guanidine groups is 1. The first-order valence-electron chi connectivity index (χ1n) is 10.5. The Morgan fingerprint density at radius 3 is 2.94 bits per heavy atom. The minimum atomic E-state index is -0.558. The van der Waals surface area contributed by atoms with Crippen molar-refractivity contribution in [1.82, 2.24) is 5.01 Å². The normalized spacial score (nSPS) is 29.7. The van der Waals surface area contributed by atoms with Gasteiger partial charge in [-0.1, -0.05) is 6.07 Å². The van der Waals surface area contributed by atoms with E-state index in [2.05, 4.69) is 20.6 Å². The first kappa shape index (κ1) is 18.8. The van der Waals surface area contributed by atoms with Crippen LogP contribution in [0.2, 0.25) is 0 Å². The fraction of sp³-hybridized carbons (Fsp3) is 0.429. The van der Waals surface area contributed by atoms with E-state index in [0.29, 0.717) is 31.6 Å². The molecule has 1 atom stereocenters. The topological polar surface area (TPSA) is 99.9 Å². The minimum absolute atomic E-state index is 0.000371. The number of quaternary nitrogens is 1. The van der Waals surface area contributed by atoms with Gasteiger partial charge in [0.15, 0.2) is 12.0 Å². The molecule has 160 valence electrons. The Bertz CT molecular complexity index is 1100. The molecule has 1 unspecified atom stereocenters. The van der Waals surface area contributed by atoms with Crippen LogP contribution < -0.4 is 10.6 Å². The van der Waals surface area contributed by atoms with Gasteiger partial charge in [-0.15, -0.1) is 10.0 Å². The van der Waals surface area contributed by atoms with E-state index in [-0.39, 0.29) is 10.6 Å². The van der Waals surface area contributed by atoms with Crippen molar-refractivity contribution in [2.24, 2.45) is 15.1 Å². The minimum Gasteiger partial charge on any atom is -0.346 e. The van der Waals surface area contributed by atoms with Crippen LogP contribution in [0, 0.1) is 0 Å². The number of rotatable bonds is 2. The van der Waals surface area contributed by atoms with Gasteiger partial charge < -0.3 is 20.1 Å². The lowest BCUT2D eigenvalue weighted by Gasteiger charge is -2.32. The van der Waals surface area contributed by atoms with Crippen LogP contribution >= 0.6 is 0 Å². The highest BCUT2D eigenvalue weighted by atomic mass is 16.7. The molecule has 2 fully saturated rings. The Kier molecular flexibility index (Phi) is 3.82. The average molecular weight is 422 g/mol. The summed E-state index contributed by atoms with van der Waals surface area (Å²) in [5, 5.41) is 13.3. The lowest BCUT2D eigenvalue weighted by molar-refractivity contribution is -0.916. The molecule has 2 saturated heterocycles. The summed E-state index contributed by atoms with van der Waals surface area (Å²) in [6.45, 7) is 6.44. The van der Waals surface area contributed by atoms with Crippen LogP contribution in [0.25, 0.3) is 0 Å². The number of hydrogen-bond donors (Lipinski definition) is 2. The molecule has 0 saturated carbocycles. The van der Waals surface area contributed by atoms with Crippen LogP contribution in [-0.4, -0.2) is 65.7 Å². The second-order valence-electron chi connectivity index (χ2n) is 8.83. The highest BCUT2D eigenvalue weighted by Gasteiger charge is 2.55. The molecule has 1 spiro atoms.